The lowest BCUT2D eigenvalue weighted by molar-refractivity contribution is -0.121. The Morgan fingerprint density at radius 2 is 2.03 bits per heavy atom. The number of hydrogen-bond donors (Lipinski definition) is 2. The summed E-state index contributed by atoms with van der Waals surface area (Å²) >= 11 is 13.2. The molecule has 0 unspecified atom stereocenters. The van der Waals surface area contributed by atoms with Gasteiger partial charge in [0.25, 0.3) is 0 Å². The zero-order valence-electron chi connectivity index (χ0n) is 15.9. The van der Waals surface area contributed by atoms with Crippen LogP contribution in [0.1, 0.15) is 17.9 Å². The van der Waals surface area contributed by atoms with Crippen molar-refractivity contribution < 1.29 is 14.3 Å². The summed E-state index contributed by atoms with van der Waals surface area (Å²) in [5.41, 5.74) is 1.73. The Kier molecular flexibility index (Phi) is 7.27. The number of anilines is 1. The summed E-state index contributed by atoms with van der Waals surface area (Å²) in [5, 5.41) is 16.5. The number of nitrogens with zero attached hydrogens (tertiary/aromatic N) is 1. The Morgan fingerprint density at radius 3 is 2.67 bits per heavy atom. The number of ether oxygens (including phenoxy) is 1. The molecule has 1 atom stereocenters. The molecule has 0 fully saturated rings. The van der Waals surface area contributed by atoms with Gasteiger partial charge in [0.1, 0.15) is 5.75 Å². The van der Waals surface area contributed by atoms with Crippen molar-refractivity contribution in [3.8, 4) is 11.8 Å². The summed E-state index contributed by atoms with van der Waals surface area (Å²) in [6, 6.07) is 14.1. The van der Waals surface area contributed by atoms with Gasteiger partial charge < -0.3 is 15.4 Å². The first-order chi connectivity index (χ1) is 14.4. The van der Waals surface area contributed by atoms with Crippen molar-refractivity contribution in [2.75, 3.05) is 18.2 Å². The Hall–Kier alpha value is -2.66. The summed E-state index contributed by atoms with van der Waals surface area (Å²) in [5.74, 6) is -0.410. The van der Waals surface area contributed by atoms with Gasteiger partial charge in [0.15, 0.2) is 0 Å². The number of thioether (sulfide) groups is 1. The molecule has 30 heavy (non-hydrogen) atoms. The van der Waals surface area contributed by atoms with E-state index in [1.807, 2.05) is 0 Å². The van der Waals surface area contributed by atoms with Gasteiger partial charge in [-0.05, 0) is 42.0 Å². The zero-order valence-corrected chi connectivity index (χ0v) is 18.2. The van der Waals surface area contributed by atoms with Gasteiger partial charge in [-0.25, -0.2) is 0 Å². The minimum atomic E-state index is -0.450. The number of nitriles is 1. The number of methoxy groups -OCH3 is 1. The number of carbonyl (C=O) groups excluding carboxylic acids is 2. The maximum atomic E-state index is 12.3. The zero-order chi connectivity index (χ0) is 21.7. The van der Waals surface area contributed by atoms with Crippen molar-refractivity contribution in [2.24, 2.45) is 0 Å². The van der Waals surface area contributed by atoms with Crippen LogP contribution in [0.25, 0.3) is 0 Å². The highest BCUT2D eigenvalue weighted by atomic mass is 35.5. The Bertz CT molecular complexity index is 1050. The van der Waals surface area contributed by atoms with Crippen LogP contribution >= 0.6 is 35.0 Å². The summed E-state index contributed by atoms with van der Waals surface area (Å²) in [4.78, 5) is 24.5. The summed E-state index contributed by atoms with van der Waals surface area (Å²) < 4.78 is 5.16. The molecule has 2 aromatic carbocycles. The van der Waals surface area contributed by atoms with Crippen LogP contribution in [-0.4, -0.2) is 24.7 Å². The Balaban J connectivity index is 1.77. The topological polar surface area (TPSA) is 91.2 Å². The molecule has 0 bridgehead atoms. The third-order valence-electron chi connectivity index (χ3n) is 4.41. The number of benzene rings is 2. The highest BCUT2D eigenvalue weighted by molar-refractivity contribution is 8.03. The molecule has 1 aliphatic rings. The fraction of sp³-hybridized carbons (Fsp3) is 0.190. The minimum Gasteiger partial charge on any atom is -0.495 e. The van der Waals surface area contributed by atoms with E-state index in [-0.39, 0.29) is 24.0 Å². The fourth-order valence-electron chi connectivity index (χ4n) is 2.99. The van der Waals surface area contributed by atoms with Crippen LogP contribution in [0.2, 0.25) is 10.0 Å². The van der Waals surface area contributed by atoms with E-state index in [0.717, 1.165) is 17.3 Å². The lowest BCUT2D eigenvalue weighted by Gasteiger charge is -2.25. The molecule has 3 rings (SSSR count). The lowest BCUT2D eigenvalue weighted by atomic mass is 9.87. The Morgan fingerprint density at radius 1 is 1.30 bits per heavy atom. The standard InChI is InChI=1S/C21H17Cl2N3O3S/c1-29-18-7-2-12(8-17(18)23)15-9-19(27)26-21(16(15)10-24)30-11-20(28)25-14-5-3-13(22)4-6-14/h2-8,15H,9,11H2,1H3,(H,25,28)(H,26,27)/t15-/m1/s1. The number of rotatable bonds is 6. The minimum absolute atomic E-state index is 0.0273. The number of amides is 2. The average molecular weight is 462 g/mol. The molecule has 0 radical (unpaired) electrons. The highest BCUT2D eigenvalue weighted by Gasteiger charge is 2.30. The summed E-state index contributed by atoms with van der Waals surface area (Å²) in [6.07, 6.45) is 0.118. The van der Waals surface area contributed by atoms with E-state index in [2.05, 4.69) is 16.7 Å². The van der Waals surface area contributed by atoms with Crippen molar-refractivity contribution in [1.29, 1.82) is 5.26 Å². The third kappa shape index (κ3) is 5.28. The predicted octanol–water partition coefficient (Wildman–Crippen LogP) is 4.71. The molecule has 154 valence electrons. The van der Waals surface area contributed by atoms with Crippen LogP contribution in [0.4, 0.5) is 5.69 Å². The first kappa shape index (κ1) is 22.0. The average Bonchev–Trinajstić information content (AvgIpc) is 2.73. The molecule has 0 spiro atoms. The second kappa shape index (κ2) is 9.90. The Labute approximate surface area is 188 Å². The van der Waals surface area contributed by atoms with Crippen LogP contribution in [0.15, 0.2) is 53.1 Å². The number of nitrogens with one attached hydrogen (secondary N) is 2. The van der Waals surface area contributed by atoms with Crippen LogP contribution in [-0.2, 0) is 9.59 Å². The van der Waals surface area contributed by atoms with Crippen LogP contribution in [0.3, 0.4) is 0 Å². The number of carbonyl (C=O) groups is 2. The van der Waals surface area contributed by atoms with Gasteiger partial charge in [-0.3, -0.25) is 9.59 Å². The lowest BCUT2D eigenvalue weighted by Crippen LogP contribution is -2.31. The number of hydrogen-bond acceptors (Lipinski definition) is 5. The monoisotopic (exact) mass is 461 g/mol. The molecule has 0 aromatic heterocycles. The van der Waals surface area contributed by atoms with Crippen molar-refractivity contribution in [3.63, 3.8) is 0 Å². The summed E-state index contributed by atoms with van der Waals surface area (Å²) in [7, 11) is 1.51. The fourth-order valence-corrected chi connectivity index (χ4v) is 4.25. The van der Waals surface area contributed by atoms with E-state index in [4.69, 9.17) is 27.9 Å². The molecular weight excluding hydrogens is 445 g/mol. The van der Waals surface area contributed by atoms with Crippen LogP contribution in [0, 0.1) is 11.3 Å². The summed E-state index contributed by atoms with van der Waals surface area (Å²) in [6.45, 7) is 0. The normalized spacial score (nSPS) is 15.9. The van der Waals surface area contributed by atoms with Gasteiger partial charge in [0.05, 0.1) is 34.6 Å². The largest absolute Gasteiger partial charge is 0.495 e. The van der Waals surface area contributed by atoms with Gasteiger partial charge in [0, 0.05) is 23.0 Å². The second-order valence-electron chi connectivity index (χ2n) is 6.40. The van der Waals surface area contributed by atoms with Gasteiger partial charge >= 0.3 is 0 Å². The molecule has 0 saturated carbocycles. The molecule has 0 aliphatic carbocycles. The second-order valence-corrected chi connectivity index (χ2v) is 8.23. The van der Waals surface area contributed by atoms with Crippen molar-refractivity contribution in [2.45, 2.75) is 12.3 Å². The van der Waals surface area contributed by atoms with E-state index >= 15 is 0 Å². The quantitative estimate of drug-likeness (QED) is 0.649. The molecule has 2 amide bonds. The molecule has 1 aliphatic heterocycles. The van der Waals surface area contributed by atoms with Crippen molar-refractivity contribution >= 4 is 52.5 Å². The maximum Gasteiger partial charge on any atom is 0.234 e. The molecule has 2 aromatic rings. The number of halogens is 2. The molecule has 9 heteroatoms. The number of allylic oxidation sites excluding steroid dienone is 1. The SMILES string of the molecule is COc1ccc([C@H]2CC(=O)NC(SCC(=O)Nc3ccc(Cl)cc3)=C2C#N)cc1Cl. The van der Waals surface area contributed by atoms with Gasteiger partial charge in [-0.15, -0.1) is 0 Å². The van der Waals surface area contributed by atoms with E-state index in [1.54, 1.807) is 42.5 Å². The van der Waals surface area contributed by atoms with Gasteiger partial charge in [-0.2, -0.15) is 5.26 Å². The highest BCUT2D eigenvalue weighted by Crippen LogP contribution is 2.38. The van der Waals surface area contributed by atoms with Gasteiger partial charge in [-0.1, -0.05) is 41.0 Å². The van der Waals surface area contributed by atoms with Crippen molar-refractivity contribution in [3.05, 3.63) is 68.7 Å². The van der Waals surface area contributed by atoms with E-state index in [9.17, 15) is 14.9 Å². The van der Waals surface area contributed by atoms with E-state index in [0.29, 0.717) is 32.1 Å². The van der Waals surface area contributed by atoms with Gasteiger partial charge in [0.2, 0.25) is 11.8 Å². The van der Waals surface area contributed by atoms with E-state index in [1.165, 1.54) is 7.11 Å². The predicted molar refractivity (Wildman–Crippen MR) is 119 cm³/mol. The molecule has 0 saturated heterocycles. The third-order valence-corrected chi connectivity index (χ3v) is 5.97. The molecule has 1 heterocycles. The molecule has 6 nitrogen and oxygen atoms in total. The van der Waals surface area contributed by atoms with Crippen LogP contribution in [0.5, 0.6) is 5.75 Å². The van der Waals surface area contributed by atoms with E-state index < -0.39 is 5.92 Å². The van der Waals surface area contributed by atoms with Crippen molar-refractivity contribution in [1.82, 2.24) is 5.32 Å². The first-order valence-electron chi connectivity index (χ1n) is 8.87. The molecule has 2 N–H and O–H groups in total. The smallest absolute Gasteiger partial charge is 0.234 e. The van der Waals surface area contributed by atoms with Crippen LogP contribution < -0.4 is 15.4 Å². The first-order valence-corrected chi connectivity index (χ1v) is 10.6. The molecular formula is C21H17Cl2N3O3S. The maximum absolute atomic E-state index is 12.3.